The Morgan fingerprint density at radius 3 is 2.66 bits per heavy atom. The van der Waals surface area contributed by atoms with Crippen LogP contribution >= 0.6 is 0 Å². The van der Waals surface area contributed by atoms with Crippen molar-refractivity contribution in [2.75, 3.05) is 56.2 Å². The van der Waals surface area contributed by atoms with E-state index in [4.69, 9.17) is 4.74 Å². The number of quaternary nitrogens is 1. The van der Waals surface area contributed by atoms with Crippen LogP contribution in [0.4, 0.5) is 11.4 Å². The van der Waals surface area contributed by atoms with E-state index >= 15 is 0 Å². The van der Waals surface area contributed by atoms with E-state index in [1.165, 1.54) is 4.90 Å². The third kappa shape index (κ3) is 5.55. The number of fused-ring (bicyclic) bond motifs is 1. The van der Waals surface area contributed by atoms with Gasteiger partial charge in [0.15, 0.2) is 0 Å². The first kappa shape index (κ1) is 21.3. The van der Waals surface area contributed by atoms with Gasteiger partial charge in [0.1, 0.15) is 13.1 Å². The molecule has 0 saturated carbocycles. The van der Waals surface area contributed by atoms with Crippen molar-refractivity contribution in [3.8, 4) is 0 Å². The number of ether oxygens (including phenoxy) is 1. The molecule has 8 heteroatoms. The summed E-state index contributed by atoms with van der Waals surface area (Å²) in [6, 6.07) is 5.45. The zero-order valence-electron chi connectivity index (χ0n) is 17.3. The molecule has 0 aromatic heterocycles. The largest absolute Gasteiger partial charge is 0.370 e. The summed E-state index contributed by atoms with van der Waals surface area (Å²) in [5.41, 5.74) is 2.48. The fourth-order valence-electron chi connectivity index (χ4n) is 3.75. The van der Waals surface area contributed by atoms with Crippen molar-refractivity contribution in [2.45, 2.75) is 26.7 Å². The molecule has 1 saturated heterocycles. The maximum Gasteiger partial charge on any atom is 0.313 e. The maximum atomic E-state index is 12.4. The molecule has 1 aromatic carbocycles. The van der Waals surface area contributed by atoms with E-state index in [1.807, 2.05) is 30.9 Å². The molecule has 1 fully saturated rings. The minimum absolute atomic E-state index is 0.0664. The molecule has 3 N–H and O–H groups in total. The van der Waals surface area contributed by atoms with Gasteiger partial charge in [0.25, 0.3) is 0 Å². The minimum Gasteiger partial charge on any atom is -0.370 e. The molecule has 0 radical (unpaired) electrons. The summed E-state index contributed by atoms with van der Waals surface area (Å²) in [7, 11) is 0. The number of nitrogens with one attached hydrogen (secondary N) is 3. The molecule has 2 aliphatic rings. The van der Waals surface area contributed by atoms with Crippen LogP contribution in [0.2, 0.25) is 0 Å². The molecule has 2 aliphatic heterocycles. The second-order valence-corrected chi connectivity index (χ2v) is 7.91. The van der Waals surface area contributed by atoms with Gasteiger partial charge in [0, 0.05) is 23.8 Å². The normalized spacial score (nSPS) is 17.0. The summed E-state index contributed by atoms with van der Waals surface area (Å²) < 4.78 is 5.31. The average molecular weight is 404 g/mol. The molecule has 29 heavy (non-hydrogen) atoms. The number of aryl methyl sites for hydroxylation is 1. The Labute approximate surface area is 171 Å². The van der Waals surface area contributed by atoms with Crippen LogP contribution in [0.15, 0.2) is 18.2 Å². The molecule has 3 amide bonds. The van der Waals surface area contributed by atoms with Crippen LogP contribution in [0.3, 0.4) is 0 Å². The smallest absolute Gasteiger partial charge is 0.313 e. The van der Waals surface area contributed by atoms with E-state index in [0.29, 0.717) is 18.8 Å². The lowest BCUT2D eigenvalue weighted by Gasteiger charge is -2.31. The molecular formula is C21H31N4O4+. The number of morpholine rings is 1. The van der Waals surface area contributed by atoms with Gasteiger partial charge in [-0.05, 0) is 36.6 Å². The van der Waals surface area contributed by atoms with E-state index < -0.39 is 11.8 Å². The number of benzene rings is 1. The van der Waals surface area contributed by atoms with Crippen LogP contribution in [0.5, 0.6) is 0 Å². The summed E-state index contributed by atoms with van der Waals surface area (Å²) in [5.74, 6) is -1.27. The quantitative estimate of drug-likeness (QED) is 0.583. The predicted octanol–water partition coefficient (Wildman–Crippen LogP) is -0.408. The third-order valence-corrected chi connectivity index (χ3v) is 5.39. The van der Waals surface area contributed by atoms with Gasteiger partial charge < -0.3 is 25.2 Å². The number of hydrogen-bond acceptors (Lipinski definition) is 4. The molecule has 0 spiro atoms. The number of carbonyl (C=O) groups excluding carboxylic acids is 3. The van der Waals surface area contributed by atoms with Crippen molar-refractivity contribution >= 4 is 29.1 Å². The molecule has 158 valence electrons. The van der Waals surface area contributed by atoms with E-state index in [2.05, 4.69) is 10.6 Å². The van der Waals surface area contributed by atoms with Gasteiger partial charge in [-0.1, -0.05) is 13.8 Å². The Balaban J connectivity index is 1.54. The highest BCUT2D eigenvalue weighted by Crippen LogP contribution is 2.30. The van der Waals surface area contributed by atoms with Crippen LogP contribution in [0, 0.1) is 5.92 Å². The van der Waals surface area contributed by atoms with Gasteiger partial charge in [-0.25, -0.2) is 0 Å². The molecule has 3 rings (SSSR count). The van der Waals surface area contributed by atoms with Gasteiger partial charge in [-0.15, -0.1) is 0 Å². The Hall–Kier alpha value is -2.45. The topological polar surface area (TPSA) is 92.2 Å². The van der Waals surface area contributed by atoms with Crippen LogP contribution in [-0.2, 0) is 25.5 Å². The fourth-order valence-corrected chi connectivity index (χ4v) is 3.75. The van der Waals surface area contributed by atoms with Gasteiger partial charge in [-0.3, -0.25) is 14.4 Å². The fraction of sp³-hybridized carbons (Fsp3) is 0.571. The van der Waals surface area contributed by atoms with Crippen LogP contribution in [0.1, 0.15) is 25.8 Å². The average Bonchev–Trinajstić information content (AvgIpc) is 2.73. The zero-order chi connectivity index (χ0) is 20.8. The van der Waals surface area contributed by atoms with Crippen molar-refractivity contribution in [3.63, 3.8) is 0 Å². The van der Waals surface area contributed by atoms with E-state index in [-0.39, 0.29) is 11.8 Å². The van der Waals surface area contributed by atoms with Crippen molar-refractivity contribution in [3.05, 3.63) is 23.8 Å². The first-order valence-corrected chi connectivity index (χ1v) is 10.4. The highest BCUT2D eigenvalue weighted by Gasteiger charge is 2.25. The van der Waals surface area contributed by atoms with E-state index in [9.17, 15) is 14.4 Å². The molecule has 0 atom stereocenters. The summed E-state index contributed by atoms with van der Waals surface area (Å²) in [6.45, 7) is 9.06. The molecule has 0 bridgehead atoms. The number of hydrogen-bond donors (Lipinski definition) is 3. The summed E-state index contributed by atoms with van der Waals surface area (Å²) >= 11 is 0. The van der Waals surface area contributed by atoms with E-state index in [0.717, 1.165) is 56.9 Å². The first-order chi connectivity index (χ1) is 14.0. The van der Waals surface area contributed by atoms with Crippen LogP contribution in [0.25, 0.3) is 0 Å². The van der Waals surface area contributed by atoms with Gasteiger partial charge in [0.2, 0.25) is 5.91 Å². The Morgan fingerprint density at radius 2 is 1.93 bits per heavy atom. The highest BCUT2D eigenvalue weighted by molar-refractivity contribution is 6.39. The van der Waals surface area contributed by atoms with Crippen molar-refractivity contribution in [2.24, 2.45) is 5.92 Å². The predicted molar refractivity (Wildman–Crippen MR) is 110 cm³/mol. The number of carbonyl (C=O) groups is 3. The second kappa shape index (κ2) is 9.84. The Morgan fingerprint density at radius 1 is 1.17 bits per heavy atom. The molecule has 0 unspecified atom stereocenters. The standard InChI is InChI=1S/C21H30N4O4/c1-15(2)21(28)25-8-3-4-16-14-17(5-6-18(16)25)23-20(27)19(26)22-7-9-24-10-12-29-13-11-24/h5-6,14-15H,3-4,7-13H2,1-2H3,(H,22,26)(H,23,27)/p+1. The molecule has 0 aliphatic carbocycles. The van der Waals surface area contributed by atoms with E-state index in [1.54, 1.807) is 6.07 Å². The lowest BCUT2D eigenvalue weighted by Crippen LogP contribution is -3.14. The van der Waals surface area contributed by atoms with Crippen molar-refractivity contribution in [1.82, 2.24) is 5.32 Å². The second-order valence-electron chi connectivity index (χ2n) is 7.91. The number of anilines is 2. The Kier molecular flexibility index (Phi) is 7.22. The van der Waals surface area contributed by atoms with Crippen molar-refractivity contribution < 1.29 is 24.0 Å². The molecule has 2 heterocycles. The van der Waals surface area contributed by atoms with Crippen LogP contribution in [-0.4, -0.2) is 63.7 Å². The van der Waals surface area contributed by atoms with Crippen LogP contribution < -0.4 is 20.4 Å². The SMILES string of the molecule is CC(C)C(=O)N1CCCc2cc(NC(=O)C(=O)NCC[NH+]3CCOCC3)ccc21. The lowest BCUT2D eigenvalue weighted by atomic mass is 9.99. The molecule has 1 aromatic rings. The molecular weight excluding hydrogens is 372 g/mol. The highest BCUT2D eigenvalue weighted by atomic mass is 16.5. The Bertz CT molecular complexity index is 759. The number of nitrogens with zero attached hydrogens (tertiary/aromatic N) is 1. The summed E-state index contributed by atoms with van der Waals surface area (Å²) in [5, 5.41) is 5.35. The summed E-state index contributed by atoms with van der Waals surface area (Å²) in [4.78, 5) is 39.9. The lowest BCUT2D eigenvalue weighted by molar-refractivity contribution is -0.906. The summed E-state index contributed by atoms with van der Waals surface area (Å²) in [6.07, 6.45) is 1.72. The number of amides is 3. The zero-order valence-corrected chi connectivity index (χ0v) is 17.3. The monoisotopic (exact) mass is 403 g/mol. The van der Waals surface area contributed by atoms with Crippen molar-refractivity contribution in [1.29, 1.82) is 0 Å². The first-order valence-electron chi connectivity index (χ1n) is 10.4. The van der Waals surface area contributed by atoms with Gasteiger partial charge >= 0.3 is 11.8 Å². The maximum absolute atomic E-state index is 12.4. The van der Waals surface area contributed by atoms with Gasteiger partial charge in [0.05, 0.1) is 26.3 Å². The van der Waals surface area contributed by atoms with Gasteiger partial charge in [-0.2, -0.15) is 0 Å². The number of rotatable bonds is 5. The third-order valence-electron chi connectivity index (χ3n) is 5.39. The minimum atomic E-state index is -0.673. The molecule has 8 nitrogen and oxygen atoms in total.